The van der Waals surface area contributed by atoms with Gasteiger partial charge in [0.1, 0.15) is 0 Å². The van der Waals surface area contributed by atoms with Crippen molar-refractivity contribution in [3.63, 3.8) is 0 Å². The Morgan fingerprint density at radius 3 is 1.24 bits per heavy atom. The van der Waals surface area contributed by atoms with Crippen molar-refractivity contribution in [3.8, 4) is 44.5 Å². The van der Waals surface area contributed by atoms with E-state index in [2.05, 4.69) is 217 Å². The second-order valence-electron chi connectivity index (χ2n) is 15.7. The highest BCUT2D eigenvalue weighted by atomic mass is 14.9. The van der Waals surface area contributed by atoms with Crippen molar-refractivity contribution < 1.29 is 0 Å². The van der Waals surface area contributed by atoms with Crippen LogP contribution >= 0.6 is 0 Å². The van der Waals surface area contributed by atoms with Gasteiger partial charge in [0, 0.05) is 57.7 Å². The van der Waals surface area contributed by atoms with E-state index in [9.17, 15) is 0 Å². The number of nitrogens with zero attached hydrogens (tertiary/aromatic N) is 2. The van der Waals surface area contributed by atoms with Crippen LogP contribution in [0.15, 0.2) is 194 Å². The van der Waals surface area contributed by atoms with Gasteiger partial charge in [-0.25, -0.2) is 0 Å². The van der Waals surface area contributed by atoms with Gasteiger partial charge in [0.25, 0.3) is 0 Å². The first-order chi connectivity index (χ1) is 28.6. The third kappa shape index (κ3) is 4.66. The standard InChI is InChI=1S/C56H38N2/c1-57-50-28-10-8-20-44(50)55-40(26-14-30-52(55)57)38-22-12-24-42-47(38)34-48-39(41-27-15-31-53-56(41)45-21-9-11-29-51(45)58(53)2)23-13-25-43(48)54(42)49-33-37-19-7-6-18-36(37)32-46(49)35-16-4-3-5-17-35/h3-34H,1-2H3. The molecular formula is C56H38N2. The maximum Gasteiger partial charge on any atom is 0.0495 e. The second-order valence-corrected chi connectivity index (χ2v) is 15.7. The number of para-hydroxylation sites is 2. The van der Waals surface area contributed by atoms with E-state index in [0.717, 1.165) is 0 Å². The van der Waals surface area contributed by atoms with E-state index in [1.807, 2.05) is 0 Å². The van der Waals surface area contributed by atoms with Gasteiger partial charge in [-0.05, 0) is 119 Å². The van der Waals surface area contributed by atoms with E-state index < -0.39 is 0 Å². The van der Waals surface area contributed by atoms with Gasteiger partial charge in [-0.3, -0.25) is 0 Å². The highest BCUT2D eigenvalue weighted by molar-refractivity contribution is 6.25. The fraction of sp³-hybridized carbons (Fsp3) is 0.0357. The average Bonchev–Trinajstić information content (AvgIpc) is 3.75. The van der Waals surface area contributed by atoms with Gasteiger partial charge < -0.3 is 9.13 Å². The lowest BCUT2D eigenvalue weighted by atomic mass is 9.82. The molecule has 2 nitrogen and oxygen atoms in total. The summed E-state index contributed by atoms with van der Waals surface area (Å²) in [6, 6.07) is 72.2. The van der Waals surface area contributed by atoms with E-state index in [1.165, 1.54) is 120 Å². The molecule has 0 bridgehead atoms. The van der Waals surface area contributed by atoms with Crippen LogP contribution in [0.2, 0.25) is 0 Å². The lowest BCUT2D eigenvalue weighted by Gasteiger charge is -2.20. The third-order valence-electron chi connectivity index (χ3n) is 12.7. The van der Waals surface area contributed by atoms with Gasteiger partial charge >= 0.3 is 0 Å². The highest BCUT2D eigenvalue weighted by Gasteiger charge is 2.22. The lowest BCUT2D eigenvalue weighted by molar-refractivity contribution is 1.01. The molecule has 272 valence electrons. The maximum atomic E-state index is 2.50. The first kappa shape index (κ1) is 32.8. The molecule has 10 aromatic carbocycles. The largest absolute Gasteiger partial charge is 0.344 e. The molecule has 2 heterocycles. The van der Waals surface area contributed by atoms with Crippen molar-refractivity contribution in [2.45, 2.75) is 0 Å². The van der Waals surface area contributed by atoms with Crippen molar-refractivity contribution >= 4 is 75.9 Å². The Balaban J connectivity index is 1.27. The second kappa shape index (κ2) is 12.5. The van der Waals surface area contributed by atoms with Crippen LogP contribution in [0, 0.1) is 0 Å². The Labute approximate surface area is 336 Å². The highest BCUT2D eigenvalue weighted by Crippen LogP contribution is 2.49. The maximum absolute atomic E-state index is 2.50. The lowest BCUT2D eigenvalue weighted by Crippen LogP contribution is -1.94. The monoisotopic (exact) mass is 738 g/mol. The molecule has 0 fully saturated rings. The summed E-state index contributed by atoms with van der Waals surface area (Å²) in [6.45, 7) is 0. The van der Waals surface area contributed by atoms with Gasteiger partial charge in [0.2, 0.25) is 0 Å². The molecule has 0 aliphatic rings. The van der Waals surface area contributed by atoms with Crippen LogP contribution in [-0.4, -0.2) is 9.13 Å². The third-order valence-corrected chi connectivity index (χ3v) is 12.7. The topological polar surface area (TPSA) is 9.86 Å². The van der Waals surface area contributed by atoms with Gasteiger partial charge in [0.15, 0.2) is 0 Å². The molecule has 0 atom stereocenters. The first-order valence-corrected chi connectivity index (χ1v) is 20.1. The summed E-state index contributed by atoms with van der Waals surface area (Å²) < 4.78 is 4.68. The molecule has 0 unspecified atom stereocenters. The van der Waals surface area contributed by atoms with Crippen LogP contribution in [0.1, 0.15) is 0 Å². The molecule has 2 heteroatoms. The number of benzene rings is 10. The van der Waals surface area contributed by atoms with Crippen molar-refractivity contribution in [2.75, 3.05) is 0 Å². The Morgan fingerprint density at radius 2 is 0.690 bits per heavy atom. The minimum atomic E-state index is 1.21. The smallest absolute Gasteiger partial charge is 0.0495 e. The number of aryl methyl sites for hydroxylation is 2. The Morgan fingerprint density at radius 1 is 0.276 bits per heavy atom. The number of fused-ring (bicyclic) bond motifs is 9. The van der Waals surface area contributed by atoms with Crippen LogP contribution in [-0.2, 0) is 14.1 Å². The van der Waals surface area contributed by atoms with E-state index in [4.69, 9.17) is 0 Å². The van der Waals surface area contributed by atoms with Crippen LogP contribution in [0.4, 0.5) is 0 Å². The Kier molecular flexibility index (Phi) is 7.09. The SMILES string of the molecule is Cn1c2ccccc2c2c(-c3cccc4c(-c5cc6ccccc6cc5-c5ccccc5)c5cccc(-c6cccc7c6c6ccccc6n7C)c5cc34)cccc21. The number of hydrogen-bond acceptors (Lipinski definition) is 0. The van der Waals surface area contributed by atoms with E-state index >= 15 is 0 Å². The van der Waals surface area contributed by atoms with Gasteiger partial charge in [0.05, 0.1) is 0 Å². The molecule has 0 radical (unpaired) electrons. The van der Waals surface area contributed by atoms with Gasteiger partial charge in [-0.1, -0.05) is 152 Å². The molecule has 12 rings (SSSR count). The zero-order valence-electron chi connectivity index (χ0n) is 32.4. The first-order valence-electron chi connectivity index (χ1n) is 20.1. The molecule has 0 saturated carbocycles. The molecule has 0 saturated heterocycles. The predicted molar refractivity (Wildman–Crippen MR) is 249 cm³/mol. The van der Waals surface area contributed by atoms with Crippen molar-refractivity contribution in [2.24, 2.45) is 14.1 Å². The fourth-order valence-corrected chi connectivity index (χ4v) is 10.1. The number of aromatic nitrogens is 2. The summed E-state index contributed by atoms with van der Waals surface area (Å²) >= 11 is 0. The Bertz CT molecular complexity index is 3460. The zero-order valence-corrected chi connectivity index (χ0v) is 32.4. The molecule has 12 aromatic rings. The summed E-state index contributed by atoms with van der Waals surface area (Å²) in [6.07, 6.45) is 0. The molecule has 0 spiro atoms. The normalized spacial score (nSPS) is 12.0. The van der Waals surface area contributed by atoms with Gasteiger partial charge in [-0.15, -0.1) is 0 Å². The van der Waals surface area contributed by atoms with Crippen molar-refractivity contribution in [3.05, 3.63) is 194 Å². The minimum Gasteiger partial charge on any atom is -0.344 e. The predicted octanol–water partition coefficient (Wildman–Crippen LogP) is 15.1. The molecule has 0 amide bonds. The van der Waals surface area contributed by atoms with Gasteiger partial charge in [-0.2, -0.15) is 0 Å². The molecule has 0 N–H and O–H groups in total. The summed E-state index contributed by atoms with van der Waals surface area (Å²) in [5, 5.41) is 12.6. The summed E-state index contributed by atoms with van der Waals surface area (Å²) in [7, 11) is 4.38. The van der Waals surface area contributed by atoms with Crippen molar-refractivity contribution in [1.29, 1.82) is 0 Å². The van der Waals surface area contributed by atoms with Crippen molar-refractivity contribution in [1.82, 2.24) is 9.13 Å². The fourth-order valence-electron chi connectivity index (χ4n) is 10.1. The van der Waals surface area contributed by atoms with Crippen LogP contribution < -0.4 is 0 Å². The zero-order chi connectivity index (χ0) is 38.5. The van der Waals surface area contributed by atoms with Crippen LogP contribution in [0.5, 0.6) is 0 Å². The molecule has 58 heavy (non-hydrogen) atoms. The number of hydrogen-bond donors (Lipinski definition) is 0. The van der Waals surface area contributed by atoms with E-state index in [0.29, 0.717) is 0 Å². The minimum absolute atomic E-state index is 1.21. The molecule has 0 aliphatic carbocycles. The summed E-state index contributed by atoms with van der Waals surface area (Å²) in [5.41, 5.74) is 14.9. The summed E-state index contributed by atoms with van der Waals surface area (Å²) in [5.74, 6) is 0. The van der Waals surface area contributed by atoms with Crippen LogP contribution in [0.25, 0.3) is 120 Å². The van der Waals surface area contributed by atoms with E-state index in [-0.39, 0.29) is 0 Å². The average molecular weight is 739 g/mol. The van der Waals surface area contributed by atoms with E-state index in [1.54, 1.807) is 0 Å². The van der Waals surface area contributed by atoms with Crippen LogP contribution in [0.3, 0.4) is 0 Å². The molecule has 2 aromatic heterocycles. The quantitative estimate of drug-likeness (QED) is 0.159. The number of rotatable bonds is 4. The molecular weight excluding hydrogens is 701 g/mol. The molecule has 0 aliphatic heterocycles. The Hall–Kier alpha value is -7.42. The summed E-state index contributed by atoms with van der Waals surface area (Å²) in [4.78, 5) is 0.